The minimum Gasteiger partial charge on any atom is -0.388 e. The first-order valence-corrected chi connectivity index (χ1v) is 7.80. The standard InChI is InChI=1S/C17H24N2O/c1-12-11-14(8-9-15(12)18-2)17(20)19-10-4-6-13-5-3-7-16(13)19/h8-9,11,13,16,18H,3-7,10H2,1-2H3. The Kier molecular flexibility index (Phi) is 3.68. The van der Waals surface area contributed by atoms with E-state index < -0.39 is 0 Å². The van der Waals surface area contributed by atoms with E-state index in [0.29, 0.717) is 6.04 Å². The lowest BCUT2D eigenvalue weighted by Gasteiger charge is -2.38. The van der Waals surface area contributed by atoms with Gasteiger partial charge in [-0.25, -0.2) is 0 Å². The quantitative estimate of drug-likeness (QED) is 0.894. The lowest BCUT2D eigenvalue weighted by atomic mass is 9.91. The summed E-state index contributed by atoms with van der Waals surface area (Å²) in [4.78, 5) is 14.9. The van der Waals surface area contributed by atoms with Crippen LogP contribution in [0.4, 0.5) is 5.69 Å². The van der Waals surface area contributed by atoms with Gasteiger partial charge in [-0.15, -0.1) is 0 Å². The Hall–Kier alpha value is -1.51. The van der Waals surface area contributed by atoms with Gasteiger partial charge in [0.25, 0.3) is 5.91 Å². The maximum atomic E-state index is 12.8. The molecule has 108 valence electrons. The zero-order chi connectivity index (χ0) is 14.1. The van der Waals surface area contributed by atoms with Crippen molar-refractivity contribution in [2.24, 2.45) is 5.92 Å². The van der Waals surface area contributed by atoms with Crippen LogP contribution in [0.1, 0.15) is 48.0 Å². The van der Waals surface area contributed by atoms with Crippen molar-refractivity contribution in [3.8, 4) is 0 Å². The first-order chi connectivity index (χ1) is 9.70. The molecule has 1 aromatic carbocycles. The molecular formula is C17H24N2O. The topological polar surface area (TPSA) is 32.3 Å². The predicted octanol–water partition coefficient (Wildman–Crippen LogP) is 3.44. The molecule has 3 rings (SSSR count). The molecule has 20 heavy (non-hydrogen) atoms. The molecule has 3 heteroatoms. The number of anilines is 1. The van der Waals surface area contributed by atoms with Gasteiger partial charge >= 0.3 is 0 Å². The molecule has 2 fully saturated rings. The summed E-state index contributed by atoms with van der Waals surface area (Å²) in [6.45, 7) is 2.99. The third-order valence-electron chi connectivity index (χ3n) is 5.00. The normalized spacial score (nSPS) is 25.4. The van der Waals surface area contributed by atoms with Crippen LogP contribution in [-0.4, -0.2) is 30.4 Å². The van der Waals surface area contributed by atoms with Crippen molar-refractivity contribution in [2.75, 3.05) is 18.9 Å². The van der Waals surface area contributed by atoms with Crippen LogP contribution in [0.15, 0.2) is 18.2 Å². The zero-order valence-electron chi connectivity index (χ0n) is 12.5. The van der Waals surface area contributed by atoms with Crippen molar-refractivity contribution < 1.29 is 4.79 Å². The summed E-state index contributed by atoms with van der Waals surface area (Å²) in [6, 6.07) is 6.49. The number of carbonyl (C=O) groups is 1. The number of rotatable bonds is 2. The minimum atomic E-state index is 0.229. The lowest BCUT2D eigenvalue weighted by molar-refractivity contribution is 0.0548. The van der Waals surface area contributed by atoms with E-state index in [9.17, 15) is 4.79 Å². The number of amides is 1. The second-order valence-electron chi connectivity index (χ2n) is 6.18. The summed E-state index contributed by atoms with van der Waals surface area (Å²) in [7, 11) is 1.91. The molecule has 0 radical (unpaired) electrons. The molecule has 1 N–H and O–H groups in total. The Morgan fingerprint density at radius 3 is 2.80 bits per heavy atom. The molecule has 0 bridgehead atoms. The van der Waals surface area contributed by atoms with Crippen LogP contribution in [-0.2, 0) is 0 Å². The van der Waals surface area contributed by atoms with Gasteiger partial charge in [-0.1, -0.05) is 6.42 Å². The number of carbonyl (C=O) groups excluding carboxylic acids is 1. The third kappa shape index (κ3) is 2.30. The highest BCUT2D eigenvalue weighted by molar-refractivity contribution is 5.95. The van der Waals surface area contributed by atoms with Gasteiger partial charge in [-0.2, -0.15) is 0 Å². The predicted molar refractivity (Wildman–Crippen MR) is 82.1 cm³/mol. The highest BCUT2D eigenvalue weighted by Crippen LogP contribution is 2.37. The van der Waals surface area contributed by atoms with E-state index in [1.807, 2.05) is 25.2 Å². The SMILES string of the molecule is CNc1ccc(C(=O)N2CCCC3CCCC32)cc1C. The van der Waals surface area contributed by atoms with Gasteiger partial charge in [0.05, 0.1) is 0 Å². The monoisotopic (exact) mass is 272 g/mol. The van der Waals surface area contributed by atoms with Crippen molar-refractivity contribution >= 4 is 11.6 Å². The molecule has 2 atom stereocenters. The van der Waals surface area contributed by atoms with Crippen LogP contribution < -0.4 is 5.32 Å². The number of likely N-dealkylation sites (tertiary alicyclic amines) is 1. The van der Waals surface area contributed by atoms with Gasteiger partial charge in [0.15, 0.2) is 0 Å². The summed E-state index contributed by atoms with van der Waals surface area (Å²) in [5, 5.41) is 3.15. The molecule has 3 nitrogen and oxygen atoms in total. The Morgan fingerprint density at radius 2 is 2.05 bits per heavy atom. The van der Waals surface area contributed by atoms with Gasteiger partial charge in [0, 0.05) is 30.9 Å². The van der Waals surface area contributed by atoms with E-state index in [2.05, 4.69) is 17.1 Å². The first-order valence-electron chi connectivity index (χ1n) is 7.80. The Morgan fingerprint density at radius 1 is 1.25 bits per heavy atom. The number of nitrogens with zero attached hydrogens (tertiary/aromatic N) is 1. The van der Waals surface area contributed by atoms with Gasteiger partial charge in [-0.3, -0.25) is 4.79 Å². The molecule has 1 aliphatic carbocycles. The van der Waals surface area contributed by atoms with Crippen molar-refractivity contribution in [1.82, 2.24) is 4.90 Å². The summed E-state index contributed by atoms with van der Waals surface area (Å²) in [5.74, 6) is 0.984. The van der Waals surface area contributed by atoms with E-state index in [-0.39, 0.29) is 5.91 Å². The third-order valence-corrected chi connectivity index (χ3v) is 5.00. The molecule has 1 amide bonds. The smallest absolute Gasteiger partial charge is 0.254 e. The lowest BCUT2D eigenvalue weighted by Crippen LogP contribution is -2.46. The van der Waals surface area contributed by atoms with Crippen molar-refractivity contribution in [2.45, 2.75) is 45.1 Å². The van der Waals surface area contributed by atoms with Crippen molar-refractivity contribution in [3.05, 3.63) is 29.3 Å². The fraction of sp³-hybridized carbons (Fsp3) is 0.588. The number of hydrogen-bond donors (Lipinski definition) is 1. The Balaban J connectivity index is 1.82. The van der Waals surface area contributed by atoms with Crippen molar-refractivity contribution in [1.29, 1.82) is 0 Å². The average molecular weight is 272 g/mol. The molecule has 0 aromatic heterocycles. The highest BCUT2D eigenvalue weighted by atomic mass is 16.2. The van der Waals surface area contributed by atoms with Crippen LogP contribution in [0.2, 0.25) is 0 Å². The number of hydrogen-bond acceptors (Lipinski definition) is 2. The molecule has 1 saturated carbocycles. The Labute approximate surface area is 121 Å². The zero-order valence-corrected chi connectivity index (χ0v) is 12.5. The second kappa shape index (κ2) is 5.47. The fourth-order valence-corrected chi connectivity index (χ4v) is 3.95. The average Bonchev–Trinajstić information content (AvgIpc) is 2.94. The second-order valence-corrected chi connectivity index (χ2v) is 6.18. The van der Waals surface area contributed by atoms with Gasteiger partial charge in [-0.05, 0) is 62.3 Å². The molecule has 1 aliphatic heterocycles. The van der Waals surface area contributed by atoms with Crippen LogP contribution in [0.25, 0.3) is 0 Å². The van der Waals surface area contributed by atoms with Gasteiger partial charge < -0.3 is 10.2 Å². The van der Waals surface area contributed by atoms with E-state index in [0.717, 1.165) is 29.3 Å². The van der Waals surface area contributed by atoms with Crippen LogP contribution in [0.3, 0.4) is 0 Å². The molecule has 1 aromatic rings. The Bertz CT molecular complexity index is 512. The molecule has 1 saturated heterocycles. The van der Waals surface area contributed by atoms with Crippen molar-refractivity contribution in [3.63, 3.8) is 0 Å². The van der Waals surface area contributed by atoms with Crippen LogP contribution in [0.5, 0.6) is 0 Å². The number of fused-ring (bicyclic) bond motifs is 1. The molecule has 1 heterocycles. The molecule has 2 aliphatic rings. The van der Waals surface area contributed by atoms with E-state index in [4.69, 9.17) is 0 Å². The van der Waals surface area contributed by atoms with Crippen LogP contribution >= 0.6 is 0 Å². The number of benzene rings is 1. The van der Waals surface area contributed by atoms with Gasteiger partial charge in [0.2, 0.25) is 0 Å². The minimum absolute atomic E-state index is 0.229. The number of nitrogens with one attached hydrogen (secondary N) is 1. The van der Waals surface area contributed by atoms with Crippen LogP contribution in [0, 0.1) is 12.8 Å². The molecular weight excluding hydrogens is 248 g/mol. The van der Waals surface area contributed by atoms with E-state index in [1.54, 1.807) is 0 Å². The number of aryl methyl sites for hydroxylation is 1. The van der Waals surface area contributed by atoms with E-state index >= 15 is 0 Å². The summed E-state index contributed by atoms with van der Waals surface area (Å²) < 4.78 is 0. The first kappa shape index (κ1) is 13.5. The largest absolute Gasteiger partial charge is 0.388 e. The summed E-state index contributed by atoms with van der Waals surface area (Å²) >= 11 is 0. The highest BCUT2D eigenvalue weighted by Gasteiger charge is 2.37. The fourth-order valence-electron chi connectivity index (χ4n) is 3.95. The summed E-state index contributed by atoms with van der Waals surface area (Å²) in [5.41, 5.74) is 3.08. The molecule has 0 spiro atoms. The van der Waals surface area contributed by atoms with Gasteiger partial charge in [0.1, 0.15) is 0 Å². The maximum absolute atomic E-state index is 12.8. The summed E-state index contributed by atoms with van der Waals surface area (Å²) in [6.07, 6.45) is 6.28. The maximum Gasteiger partial charge on any atom is 0.254 e. The number of piperidine rings is 1. The van der Waals surface area contributed by atoms with E-state index in [1.165, 1.54) is 32.1 Å². The molecule has 2 unspecified atom stereocenters.